The average molecular weight is 497 g/mol. The number of hydrogen-bond donors (Lipinski definition) is 0. The lowest BCUT2D eigenvalue weighted by Crippen LogP contribution is -2.49. The summed E-state index contributed by atoms with van der Waals surface area (Å²) >= 11 is 6.31. The molecule has 1 fully saturated rings. The number of hydrogen-bond acceptors (Lipinski definition) is 5. The van der Waals surface area contributed by atoms with Crippen molar-refractivity contribution in [1.82, 2.24) is 24.5 Å². The summed E-state index contributed by atoms with van der Waals surface area (Å²) in [5.74, 6) is 1.57. The molecule has 0 radical (unpaired) electrons. The highest BCUT2D eigenvalue weighted by atomic mass is 35.5. The Kier molecular flexibility index (Phi) is 5.57. The summed E-state index contributed by atoms with van der Waals surface area (Å²) in [6.07, 6.45) is 0. The Bertz CT molecular complexity index is 1620. The highest BCUT2D eigenvalue weighted by molar-refractivity contribution is 6.31. The molecule has 180 valence electrons. The van der Waals surface area contributed by atoms with Gasteiger partial charge in [0.2, 0.25) is 5.95 Å². The van der Waals surface area contributed by atoms with Crippen molar-refractivity contribution in [3.8, 4) is 11.4 Å². The van der Waals surface area contributed by atoms with Crippen LogP contribution in [0.4, 0.5) is 5.95 Å². The number of fused-ring (bicyclic) bond motifs is 3. The zero-order valence-corrected chi connectivity index (χ0v) is 20.9. The number of halogens is 1. The zero-order valence-electron chi connectivity index (χ0n) is 20.1. The molecule has 3 heterocycles. The van der Waals surface area contributed by atoms with E-state index in [1.807, 2.05) is 70.8 Å². The predicted molar refractivity (Wildman–Crippen MR) is 143 cm³/mol. The molecule has 3 aromatic carbocycles. The minimum absolute atomic E-state index is 0.0703. The van der Waals surface area contributed by atoms with Crippen molar-refractivity contribution in [2.24, 2.45) is 0 Å². The van der Waals surface area contributed by atoms with Gasteiger partial charge in [-0.1, -0.05) is 53.6 Å². The lowest BCUT2D eigenvalue weighted by atomic mass is 10.1. The van der Waals surface area contributed by atoms with Crippen molar-refractivity contribution < 1.29 is 4.79 Å². The number of amides is 1. The third-order valence-corrected chi connectivity index (χ3v) is 7.02. The van der Waals surface area contributed by atoms with E-state index in [2.05, 4.69) is 34.2 Å². The molecule has 0 atom stereocenters. The number of carbonyl (C=O) groups is 1. The molecule has 0 spiro atoms. The second kappa shape index (κ2) is 8.91. The van der Waals surface area contributed by atoms with E-state index in [-0.39, 0.29) is 5.91 Å². The molecule has 6 rings (SSSR count). The Labute approximate surface area is 214 Å². The number of piperazine rings is 1. The first-order chi connectivity index (χ1) is 17.5. The predicted octanol–water partition coefficient (Wildman–Crippen LogP) is 5.18. The lowest BCUT2D eigenvalue weighted by Gasteiger charge is -2.36. The molecule has 1 saturated heterocycles. The summed E-state index contributed by atoms with van der Waals surface area (Å²) in [6, 6.07) is 21.6. The normalized spacial score (nSPS) is 14.1. The van der Waals surface area contributed by atoms with Crippen LogP contribution in [0.2, 0.25) is 5.02 Å². The highest BCUT2D eigenvalue weighted by Crippen LogP contribution is 2.30. The van der Waals surface area contributed by atoms with Crippen molar-refractivity contribution in [2.75, 3.05) is 31.1 Å². The van der Waals surface area contributed by atoms with Crippen molar-refractivity contribution in [1.29, 1.82) is 0 Å². The fourth-order valence-electron chi connectivity index (χ4n) is 4.87. The summed E-state index contributed by atoms with van der Waals surface area (Å²) in [5, 5.41) is 10.7. The molecule has 0 bridgehead atoms. The highest BCUT2D eigenvalue weighted by Gasteiger charge is 2.27. The molecule has 5 aromatic rings. The first-order valence-corrected chi connectivity index (χ1v) is 12.4. The Hall–Kier alpha value is -3.97. The molecule has 0 unspecified atom stereocenters. The van der Waals surface area contributed by atoms with Crippen LogP contribution in [0.25, 0.3) is 27.9 Å². The van der Waals surface area contributed by atoms with Crippen molar-refractivity contribution in [2.45, 2.75) is 13.8 Å². The molecule has 0 saturated carbocycles. The van der Waals surface area contributed by atoms with Gasteiger partial charge in [0, 0.05) is 47.7 Å². The van der Waals surface area contributed by atoms with Crippen LogP contribution < -0.4 is 4.90 Å². The van der Waals surface area contributed by atoms with Crippen LogP contribution >= 0.6 is 11.6 Å². The molecule has 1 amide bonds. The minimum atomic E-state index is 0.0703. The molecule has 0 aliphatic carbocycles. The summed E-state index contributed by atoms with van der Waals surface area (Å²) in [6.45, 7) is 6.54. The van der Waals surface area contributed by atoms with Crippen LogP contribution in [0.1, 0.15) is 21.5 Å². The van der Waals surface area contributed by atoms with Gasteiger partial charge >= 0.3 is 0 Å². The molecular formula is C28H25ClN6O. The first kappa shape index (κ1) is 22.5. The van der Waals surface area contributed by atoms with Crippen LogP contribution in [0.3, 0.4) is 0 Å². The van der Waals surface area contributed by atoms with Gasteiger partial charge in [0.15, 0.2) is 11.5 Å². The molecule has 8 heteroatoms. The van der Waals surface area contributed by atoms with E-state index in [1.54, 1.807) is 0 Å². The number of anilines is 1. The molecule has 7 nitrogen and oxygen atoms in total. The molecular weight excluding hydrogens is 472 g/mol. The Morgan fingerprint density at radius 1 is 0.889 bits per heavy atom. The standard InChI is InChI=1S/C28H25ClN6O/c1-18-6-5-8-20(16-18)25-31-32-26-23-11-10-21(29)17-24(23)30-28(35(25)26)34-14-12-33(13-15-34)27(36)22-9-4-3-7-19(22)2/h3-11,16-17H,12-15H2,1-2H3. The van der Waals surface area contributed by atoms with Gasteiger partial charge in [-0.25, -0.2) is 9.38 Å². The maximum atomic E-state index is 13.2. The molecule has 1 aliphatic heterocycles. The quantitative estimate of drug-likeness (QED) is 0.344. The zero-order chi connectivity index (χ0) is 24.8. The third kappa shape index (κ3) is 3.85. The second-order valence-electron chi connectivity index (χ2n) is 9.22. The van der Waals surface area contributed by atoms with Gasteiger partial charge in [-0.3, -0.25) is 4.79 Å². The van der Waals surface area contributed by atoms with Crippen LogP contribution in [-0.4, -0.2) is 56.6 Å². The molecule has 1 aliphatic rings. The number of aryl methyl sites for hydroxylation is 2. The van der Waals surface area contributed by atoms with E-state index in [9.17, 15) is 4.79 Å². The van der Waals surface area contributed by atoms with Gasteiger partial charge in [0.1, 0.15) is 0 Å². The van der Waals surface area contributed by atoms with Crippen molar-refractivity contribution in [3.63, 3.8) is 0 Å². The average Bonchev–Trinajstić information content (AvgIpc) is 3.33. The van der Waals surface area contributed by atoms with E-state index >= 15 is 0 Å². The molecule has 2 aromatic heterocycles. The number of aromatic nitrogens is 4. The van der Waals surface area contributed by atoms with Crippen LogP contribution in [-0.2, 0) is 0 Å². The van der Waals surface area contributed by atoms with E-state index in [4.69, 9.17) is 16.6 Å². The monoisotopic (exact) mass is 496 g/mol. The summed E-state index contributed by atoms with van der Waals surface area (Å²) in [4.78, 5) is 22.3. The van der Waals surface area contributed by atoms with Gasteiger partial charge in [-0.15, -0.1) is 10.2 Å². The maximum absolute atomic E-state index is 13.2. The van der Waals surface area contributed by atoms with E-state index in [0.29, 0.717) is 31.2 Å². The van der Waals surface area contributed by atoms with Gasteiger partial charge in [0.25, 0.3) is 5.91 Å². The fraction of sp³-hybridized carbons (Fsp3) is 0.214. The van der Waals surface area contributed by atoms with Crippen LogP contribution in [0.5, 0.6) is 0 Å². The third-order valence-electron chi connectivity index (χ3n) is 6.79. The fourth-order valence-corrected chi connectivity index (χ4v) is 5.03. The van der Waals surface area contributed by atoms with E-state index in [0.717, 1.165) is 50.6 Å². The van der Waals surface area contributed by atoms with Gasteiger partial charge in [-0.05, 0) is 49.7 Å². The van der Waals surface area contributed by atoms with E-state index < -0.39 is 0 Å². The summed E-state index contributed by atoms with van der Waals surface area (Å²) < 4.78 is 2.03. The smallest absolute Gasteiger partial charge is 0.254 e. The largest absolute Gasteiger partial charge is 0.338 e. The summed E-state index contributed by atoms with van der Waals surface area (Å²) in [7, 11) is 0. The maximum Gasteiger partial charge on any atom is 0.254 e. The number of rotatable bonds is 3. The topological polar surface area (TPSA) is 66.6 Å². The Balaban J connectivity index is 1.41. The number of carbonyl (C=O) groups excluding carboxylic acids is 1. The van der Waals surface area contributed by atoms with Gasteiger partial charge in [0.05, 0.1) is 5.52 Å². The molecule has 36 heavy (non-hydrogen) atoms. The van der Waals surface area contributed by atoms with E-state index in [1.165, 1.54) is 0 Å². The Morgan fingerprint density at radius 3 is 2.47 bits per heavy atom. The van der Waals surface area contributed by atoms with Crippen LogP contribution in [0, 0.1) is 13.8 Å². The van der Waals surface area contributed by atoms with Gasteiger partial charge in [-0.2, -0.15) is 0 Å². The van der Waals surface area contributed by atoms with Crippen LogP contribution in [0.15, 0.2) is 66.7 Å². The number of benzene rings is 3. The molecule has 0 N–H and O–H groups in total. The second-order valence-corrected chi connectivity index (χ2v) is 9.66. The minimum Gasteiger partial charge on any atom is -0.338 e. The summed E-state index contributed by atoms with van der Waals surface area (Å²) in [5.41, 5.74) is 5.38. The lowest BCUT2D eigenvalue weighted by molar-refractivity contribution is 0.0745. The number of nitrogens with zero attached hydrogens (tertiary/aromatic N) is 6. The Morgan fingerprint density at radius 2 is 1.69 bits per heavy atom. The van der Waals surface area contributed by atoms with Crippen molar-refractivity contribution >= 4 is 40.0 Å². The van der Waals surface area contributed by atoms with Gasteiger partial charge < -0.3 is 9.80 Å². The van der Waals surface area contributed by atoms with Crippen molar-refractivity contribution in [3.05, 3.63) is 88.4 Å². The first-order valence-electron chi connectivity index (χ1n) is 12.0. The SMILES string of the molecule is Cc1cccc(-c2nnc3c4ccc(Cl)cc4nc(N4CCN(C(=O)c5ccccc5C)CC4)n23)c1.